The summed E-state index contributed by atoms with van der Waals surface area (Å²) in [5, 5.41) is 23.1. The van der Waals surface area contributed by atoms with Gasteiger partial charge in [-0.3, -0.25) is 19.3 Å². The number of carbonyl (C=O) groups is 3. The summed E-state index contributed by atoms with van der Waals surface area (Å²) in [7, 11) is 1.63. The molecule has 0 aromatic rings. The predicted molar refractivity (Wildman–Crippen MR) is 72.5 cm³/mol. The second-order valence-electron chi connectivity index (χ2n) is 4.51. The van der Waals surface area contributed by atoms with Gasteiger partial charge in [-0.1, -0.05) is 0 Å². The molecule has 0 saturated carbocycles. The maximum Gasteiger partial charge on any atom is 0.317 e. The number of carboxylic acids is 2. The van der Waals surface area contributed by atoms with Gasteiger partial charge in [0.05, 0.1) is 19.1 Å². The summed E-state index contributed by atoms with van der Waals surface area (Å²) >= 11 is 0. The van der Waals surface area contributed by atoms with E-state index in [4.69, 9.17) is 10.2 Å². The first-order chi connectivity index (χ1) is 9.31. The Balaban J connectivity index is 4.69. The molecular weight excluding hydrogens is 266 g/mol. The largest absolute Gasteiger partial charge is 0.480 e. The number of rotatable bonds is 10. The van der Waals surface area contributed by atoms with Crippen LogP contribution in [0.2, 0.25) is 0 Å². The number of likely N-dealkylation sites (N-methyl/N-ethyl adjacent to an activating group) is 2. The predicted octanol–water partition coefficient (Wildman–Crippen LogP) is -1.04. The van der Waals surface area contributed by atoms with Crippen molar-refractivity contribution in [1.82, 2.24) is 15.5 Å². The third-order valence-electron chi connectivity index (χ3n) is 2.89. The summed E-state index contributed by atoms with van der Waals surface area (Å²) in [6.07, 6.45) is 0.322. The number of carbonyl (C=O) groups excluding carboxylic acids is 1. The Labute approximate surface area is 118 Å². The molecule has 116 valence electrons. The fraction of sp³-hybridized carbons (Fsp3) is 0.750. The summed E-state index contributed by atoms with van der Waals surface area (Å²) in [6, 6.07) is -0.850. The third kappa shape index (κ3) is 7.05. The van der Waals surface area contributed by atoms with E-state index >= 15 is 0 Å². The molecule has 0 aliphatic carbocycles. The Morgan fingerprint density at radius 3 is 2.00 bits per heavy atom. The third-order valence-corrected chi connectivity index (χ3v) is 2.89. The second kappa shape index (κ2) is 9.27. The molecule has 2 unspecified atom stereocenters. The van der Waals surface area contributed by atoms with Crippen molar-refractivity contribution in [3.05, 3.63) is 0 Å². The highest BCUT2D eigenvalue weighted by atomic mass is 16.4. The molecule has 0 aliphatic heterocycles. The number of nitrogens with one attached hydrogen (secondary N) is 2. The first kappa shape index (κ1) is 18.3. The van der Waals surface area contributed by atoms with Crippen LogP contribution in [0.25, 0.3) is 0 Å². The monoisotopic (exact) mass is 289 g/mol. The summed E-state index contributed by atoms with van der Waals surface area (Å²) in [5.41, 5.74) is 0. The number of amides is 1. The van der Waals surface area contributed by atoms with Gasteiger partial charge in [-0.05, 0) is 27.3 Å². The van der Waals surface area contributed by atoms with Crippen LogP contribution in [0.1, 0.15) is 20.3 Å². The van der Waals surface area contributed by atoms with Crippen LogP contribution in [-0.4, -0.2) is 71.7 Å². The smallest absolute Gasteiger partial charge is 0.317 e. The van der Waals surface area contributed by atoms with Crippen molar-refractivity contribution < 1.29 is 24.6 Å². The molecule has 0 fully saturated rings. The van der Waals surface area contributed by atoms with Crippen LogP contribution in [-0.2, 0) is 14.4 Å². The van der Waals surface area contributed by atoms with Gasteiger partial charge < -0.3 is 20.8 Å². The van der Waals surface area contributed by atoms with Crippen molar-refractivity contribution >= 4 is 17.8 Å². The molecule has 0 radical (unpaired) electrons. The first-order valence-corrected chi connectivity index (χ1v) is 6.44. The number of hydrogen-bond acceptors (Lipinski definition) is 5. The molecule has 1 amide bonds. The Kier molecular flexibility index (Phi) is 8.49. The Hall–Kier alpha value is -1.67. The molecule has 0 rings (SSSR count). The highest BCUT2D eigenvalue weighted by Crippen LogP contribution is 2.07. The van der Waals surface area contributed by atoms with Crippen LogP contribution in [0.3, 0.4) is 0 Å². The minimum absolute atomic E-state index is 0.188. The molecule has 2 atom stereocenters. The van der Waals surface area contributed by atoms with E-state index in [9.17, 15) is 14.4 Å². The molecule has 0 aromatic carbocycles. The quantitative estimate of drug-likeness (QED) is 0.405. The van der Waals surface area contributed by atoms with E-state index in [1.54, 1.807) is 20.9 Å². The van der Waals surface area contributed by atoms with Crippen LogP contribution in [0.15, 0.2) is 0 Å². The van der Waals surface area contributed by atoms with Crippen molar-refractivity contribution in [3.63, 3.8) is 0 Å². The molecular formula is C12H23N3O5. The lowest BCUT2D eigenvalue weighted by Gasteiger charge is -2.28. The van der Waals surface area contributed by atoms with Gasteiger partial charge >= 0.3 is 11.9 Å². The van der Waals surface area contributed by atoms with E-state index in [0.29, 0.717) is 13.0 Å². The number of carboxylic acid groups (broad SMARTS) is 2. The summed E-state index contributed by atoms with van der Waals surface area (Å²) < 4.78 is 0. The van der Waals surface area contributed by atoms with Crippen molar-refractivity contribution in [3.8, 4) is 0 Å². The maximum absolute atomic E-state index is 11.8. The highest BCUT2D eigenvalue weighted by molar-refractivity contribution is 5.81. The van der Waals surface area contributed by atoms with Gasteiger partial charge in [0.1, 0.15) is 0 Å². The fourth-order valence-electron chi connectivity index (χ4n) is 1.86. The van der Waals surface area contributed by atoms with Gasteiger partial charge in [0.25, 0.3) is 0 Å². The van der Waals surface area contributed by atoms with E-state index in [2.05, 4.69) is 10.6 Å². The lowest BCUT2D eigenvalue weighted by molar-refractivity contribution is -0.142. The minimum Gasteiger partial charge on any atom is -0.480 e. The van der Waals surface area contributed by atoms with E-state index in [0.717, 1.165) is 0 Å². The molecule has 0 saturated heterocycles. The highest BCUT2D eigenvalue weighted by Gasteiger charge is 2.25. The first-order valence-electron chi connectivity index (χ1n) is 6.44. The molecule has 4 N–H and O–H groups in total. The maximum atomic E-state index is 11.8. The standard InChI is InChI=1S/C12H23N3O5/c1-4-14-12(20)9(13-3)5-8(2)15(6-10(16)17)7-11(18)19/h8-9,13H,4-7H2,1-3H3,(H,14,20)(H,16,17)(H,18,19). The number of hydrogen-bond donors (Lipinski definition) is 4. The molecule has 8 nitrogen and oxygen atoms in total. The molecule has 8 heteroatoms. The van der Waals surface area contributed by atoms with E-state index in [1.165, 1.54) is 4.90 Å². The lowest BCUT2D eigenvalue weighted by atomic mass is 10.1. The van der Waals surface area contributed by atoms with E-state index in [1.807, 2.05) is 0 Å². The molecule has 0 heterocycles. The van der Waals surface area contributed by atoms with E-state index < -0.39 is 18.0 Å². The van der Waals surface area contributed by atoms with Gasteiger partial charge in [-0.15, -0.1) is 0 Å². The van der Waals surface area contributed by atoms with Crippen molar-refractivity contribution in [2.24, 2.45) is 0 Å². The van der Waals surface area contributed by atoms with Crippen LogP contribution in [0.4, 0.5) is 0 Å². The van der Waals surface area contributed by atoms with Crippen molar-refractivity contribution in [1.29, 1.82) is 0 Å². The SMILES string of the molecule is CCNC(=O)C(CC(C)N(CC(=O)O)CC(=O)O)NC. The second-order valence-corrected chi connectivity index (χ2v) is 4.51. The normalized spacial score (nSPS) is 13.8. The van der Waals surface area contributed by atoms with Gasteiger partial charge in [-0.25, -0.2) is 0 Å². The Morgan fingerprint density at radius 1 is 1.15 bits per heavy atom. The van der Waals surface area contributed by atoms with Crippen molar-refractivity contribution in [2.75, 3.05) is 26.7 Å². The average molecular weight is 289 g/mol. The van der Waals surface area contributed by atoms with Crippen LogP contribution >= 0.6 is 0 Å². The lowest BCUT2D eigenvalue weighted by Crippen LogP contribution is -2.48. The van der Waals surface area contributed by atoms with Crippen LogP contribution in [0, 0.1) is 0 Å². The summed E-state index contributed by atoms with van der Waals surface area (Å²) in [4.78, 5) is 34.6. The number of nitrogens with zero attached hydrogens (tertiary/aromatic N) is 1. The van der Waals surface area contributed by atoms with Gasteiger partial charge in [0, 0.05) is 12.6 Å². The topological polar surface area (TPSA) is 119 Å². The zero-order valence-corrected chi connectivity index (χ0v) is 12.0. The zero-order chi connectivity index (χ0) is 15.7. The van der Waals surface area contributed by atoms with E-state index in [-0.39, 0.29) is 25.0 Å². The fourth-order valence-corrected chi connectivity index (χ4v) is 1.86. The molecule has 0 spiro atoms. The average Bonchev–Trinajstić information content (AvgIpc) is 2.33. The van der Waals surface area contributed by atoms with Crippen LogP contribution in [0.5, 0.6) is 0 Å². The molecule has 0 aliphatic rings. The van der Waals surface area contributed by atoms with Crippen molar-refractivity contribution in [2.45, 2.75) is 32.4 Å². The number of aliphatic carboxylic acids is 2. The summed E-state index contributed by atoms with van der Waals surface area (Å²) in [6.45, 7) is 3.25. The van der Waals surface area contributed by atoms with Crippen LogP contribution < -0.4 is 10.6 Å². The van der Waals surface area contributed by atoms with Gasteiger partial charge in [0.15, 0.2) is 0 Å². The van der Waals surface area contributed by atoms with Gasteiger partial charge in [-0.2, -0.15) is 0 Å². The zero-order valence-electron chi connectivity index (χ0n) is 12.0. The molecule has 0 bridgehead atoms. The Morgan fingerprint density at radius 2 is 1.65 bits per heavy atom. The summed E-state index contributed by atoms with van der Waals surface area (Å²) in [5.74, 6) is -2.39. The Bertz CT molecular complexity index is 332. The minimum atomic E-state index is -1.10. The molecule has 20 heavy (non-hydrogen) atoms. The molecule has 0 aromatic heterocycles. The van der Waals surface area contributed by atoms with Gasteiger partial charge in [0.2, 0.25) is 5.91 Å².